The molecule has 12 nitrogen and oxygen atoms in total. The zero-order valence-electron chi connectivity index (χ0n) is 36.1. The van der Waals surface area contributed by atoms with Gasteiger partial charge in [-0.1, -0.05) is 48.0 Å². The van der Waals surface area contributed by atoms with E-state index in [1.807, 2.05) is 12.3 Å². The van der Waals surface area contributed by atoms with E-state index in [4.69, 9.17) is 26.1 Å². The first-order valence-corrected chi connectivity index (χ1v) is 24.8. The van der Waals surface area contributed by atoms with Gasteiger partial charge in [0.2, 0.25) is 0 Å². The summed E-state index contributed by atoms with van der Waals surface area (Å²) < 4.78 is 118. The van der Waals surface area contributed by atoms with Crippen LogP contribution in [0, 0.1) is 37.1 Å². The number of sulfone groups is 2. The third-order valence-electron chi connectivity index (χ3n) is 11.3. The van der Waals surface area contributed by atoms with E-state index >= 15 is 4.39 Å². The van der Waals surface area contributed by atoms with Crippen molar-refractivity contribution in [3.8, 4) is 22.5 Å². The summed E-state index contributed by atoms with van der Waals surface area (Å²) in [7, 11) is -7.14. The Balaban J connectivity index is 0.000000209. The lowest BCUT2D eigenvalue weighted by Crippen LogP contribution is -2.38. The first-order chi connectivity index (χ1) is 31.4. The minimum atomic E-state index is -3.63. The minimum Gasteiger partial charge on any atom is -0.378 e. The number of pyridine rings is 3. The number of fused-ring (bicyclic) bond motifs is 2. The number of morpholine rings is 2. The molecule has 0 aliphatic carbocycles. The summed E-state index contributed by atoms with van der Waals surface area (Å²) in [6.45, 7) is 8.32. The Hall–Kier alpha value is -5.92. The van der Waals surface area contributed by atoms with Gasteiger partial charge in [-0.2, -0.15) is 0 Å². The van der Waals surface area contributed by atoms with Gasteiger partial charge in [-0.3, -0.25) is 0 Å². The van der Waals surface area contributed by atoms with Gasteiger partial charge in [-0.25, -0.2) is 49.3 Å². The molecule has 7 aromatic rings. The second kappa shape index (κ2) is 18.8. The van der Waals surface area contributed by atoms with Crippen molar-refractivity contribution in [3.05, 3.63) is 124 Å². The Morgan fingerprint density at radius 1 is 0.636 bits per heavy atom. The fraction of sp³-hybridized carbons (Fsp3) is 0.255. The van der Waals surface area contributed by atoms with E-state index in [1.54, 1.807) is 50.2 Å². The van der Waals surface area contributed by atoms with Crippen molar-refractivity contribution in [3.63, 3.8) is 0 Å². The van der Waals surface area contributed by atoms with E-state index in [0.29, 0.717) is 97.7 Å². The number of aromatic nitrogens is 3. The Labute approximate surface area is 384 Å². The summed E-state index contributed by atoms with van der Waals surface area (Å²) in [6.07, 6.45) is 4.03. The fourth-order valence-corrected chi connectivity index (χ4v) is 10.2. The van der Waals surface area contributed by atoms with Gasteiger partial charge < -0.3 is 24.6 Å². The van der Waals surface area contributed by atoms with E-state index in [9.17, 15) is 30.0 Å². The number of nitrogens with one attached hydrogen (secondary N) is 1. The Morgan fingerprint density at radius 3 is 1.64 bits per heavy atom. The molecule has 0 amide bonds. The van der Waals surface area contributed by atoms with Crippen LogP contribution in [0.3, 0.4) is 0 Å². The molecule has 2 fully saturated rings. The van der Waals surface area contributed by atoms with E-state index in [0.717, 1.165) is 42.5 Å². The summed E-state index contributed by atoms with van der Waals surface area (Å²) in [5, 5.41) is 3.62. The first-order valence-electron chi connectivity index (χ1n) is 20.7. The number of nitrogens with zero attached hydrogens (tertiary/aromatic N) is 5. The Kier molecular flexibility index (Phi) is 13.2. The van der Waals surface area contributed by atoms with Crippen molar-refractivity contribution in [1.82, 2.24) is 15.0 Å². The maximum atomic E-state index is 15.5. The zero-order chi connectivity index (χ0) is 47.1. The molecule has 66 heavy (non-hydrogen) atoms. The second-order valence-corrected chi connectivity index (χ2v) is 20.2. The quantitative estimate of drug-likeness (QED) is 0.145. The third-order valence-corrected chi connectivity index (χ3v) is 14.1. The largest absolute Gasteiger partial charge is 0.378 e. The van der Waals surface area contributed by atoms with E-state index in [-0.39, 0.29) is 42.3 Å². The lowest BCUT2D eigenvalue weighted by molar-refractivity contribution is 0.122. The van der Waals surface area contributed by atoms with Crippen LogP contribution >= 0.6 is 11.6 Å². The summed E-state index contributed by atoms with van der Waals surface area (Å²) >= 11 is 6.25. The lowest BCUT2D eigenvalue weighted by Gasteiger charge is -2.32. The van der Waals surface area contributed by atoms with Crippen LogP contribution in [-0.2, 0) is 29.1 Å². The summed E-state index contributed by atoms with van der Waals surface area (Å²) in [4.78, 5) is 18.1. The predicted octanol–water partition coefficient (Wildman–Crippen LogP) is 9.25. The highest BCUT2D eigenvalue weighted by Gasteiger charge is 2.26. The molecular weight excluding hydrogens is 920 g/mol. The molecule has 0 atom stereocenters. The highest BCUT2D eigenvalue weighted by Crippen LogP contribution is 2.42. The SMILES string of the molecule is Cc1c(-c2ccccc2S(C)(=O)=O)nc2cc(F)cc(F)c2c1Cl.Cc1c(-c2ccccc2S(C)(=O)=O)nc2cc(F)cc(F)c2c1Nc1cc(N2CCOCC2)cnc1N1CCOCC1. The smallest absolute Gasteiger partial charge is 0.176 e. The molecule has 4 aromatic carbocycles. The van der Waals surface area contributed by atoms with Crippen molar-refractivity contribution in [2.75, 3.05) is 80.2 Å². The van der Waals surface area contributed by atoms with Crippen LogP contribution in [0.2, 0.25) is 5.02 Å². The standard InChI is InChI=1S/C30H31F2N5O4S.C17H12ClF2NO2S/c1-19-28(22-5-3-4-6-26(22)42(2,38)39)34-24-16-20(31)15-23(32)27(24)29(19)35-25-17-21(36-7-11-40-12-8-36)18-33-30(25)37-9-13-41-14-10-37;1-9-16(18)15-12(20)7-10(19)8-13(15)21-17(9)11-5-3-4-6-14(11)24(2,22)23/h3-6,15-18H,7-14H2,1-2H3,(H,34,35);3-8H,1-2H3. The molecule has 0 unspecified atom stereocenters. The average molecular weight is 963 g/mol. The molecule has 344 valence electrons. The van der Waals surface area contributed by atoms with Gasteiger partial charge in [-0.05, 0) is 43.2 Å². The maximum absolute atomic E-state index is 15.5. The fourth-order valence-electron chi connectivity index (χ4n) is 8.11. The highest BCUT2D eigenvalue weighted by atomic mass is 35.5. The molecule has 2 aliphatic heterocycles. The predicted molar refractivity (Wildman–Crippen MR) is 248 cm³/mol. The van der Waals surface area contributed by atoms with Crippen LogP contribution in [0.15, 0.2) is 94.9 Å². The number of hydrogen-bond donors (Lipinski definition) is 1. The molecule has 3 aromatic heterocycles. The van der Waals surface area contributed by atoms with Crippen LogP contribution in [-0.4, -0.2) is 96.9 Å². The van der Waals surface area contributed by atoms with Crippen molar-refractivity contribution in [1.29, 1.82) is 0 Å². The van der Waals surface area contributed by atoms with Gasteiger partial charge >= 0.3 is 0 Å². The third kappa shape index (κ3) is 9.51. The molecule has 0 radical (unpaired) electrons. The molecule has 19 heteroatoms. The molecule has 2 aliphatic rings. The molecule has 0 spiro atoms. The molecule has 1 N–H and O–H groups in total. The molecular formula is C47H43ClF4N6O6S2. The number of rotatable bonds is 8. The number of hydrogen-bond acceptors (Lipinski definition) is 12. The van der Waals surface area contributed by atoms with Crippen LogP contribution < -0.4 is 15.1 Å². The second-order valence-electron chi connectivity index (χ2n) is 15.8. The van der Waals surface area contributed by atoms with Crippen LogP contribution in [0.5, 0.6) is 0 Å². The van der Waals surface area contributed by atoms with Gasteiger partial charge in [0.25, 0.3) is 0 Å². The lowest BCUT2D eigenvalue weighted by atomic mass is 10.0. The number of ether oxygens (including phenoxy) is 2. The van der Waals surface area contributed by atoms with Crippen LogP contribution in [0.4, 0.5) is 40.4 Å². The summed E-state index contributed by atoms with van der Waals surface area (Å²) in [6, 6.07) is 18.5. The molecule has 5 heterocycles. The normalized spacial score (nSPS) is 14.6. The number of benzene rings is 4. The van der Waals surface area contributed by atoms with Crippen molar-refractivity contribution in [2.24, 2.45) is 0 Å². The van der Waals surface area contributed by atoms with Crippen molar-refractivity contribution < 1.29 is 43.9 Å². The summed E-state index contributed by atoms with van der Waals surface area (Å²) in [5.74, 6) is -2.49. The number of halogens is 5. The average Bonchev–Trinajstić information content (AvgIpc) is 3.28. The van der Waals surface area contributed by atoms with Gasteiger partial charge in [0.05, 0.1) is 97.7 Å². The Bertz CT molecular complexity index is 3260. The highest BCUT2D eigenvalue weighted by molar-refractivity contribution is 7.91. The van der Waals surface area contributed by atoms with Crippen LogP contribution in [0.25, 0.3) is 44.3 Å². The topological polar surface area (TPSA) is 144 Å². The Morgan fingerprint density at radius 2 is 1.11 bits per heavy atom. The molecule has 0 saturated carbocycles. The van der Waals surface area contributed by atoms with Crippen molar-refractivity contribution >= 4 is 76.0 Å². The first kappa shape index (κ1) is 46.6. The summed E-state index contributed by atoms with van der Waals surface area (Å²) in [5.41, 5.74) is 4.15. The minimum absolute atomic E-state index is 0.0103. The van der Waals surface area contributed by atoms with Crippen molar-refractivity contribution in [2.45, 2.75) is 23.6 Å². The van der Waals surface area contributed by atoms with Gasteiger partial charge in [0.15, 0.2) is 25.5 Å². The van der Waals surface area contributed by atoms with E-state index in [2.05, 4.69) is 25.1 Å². The zero-order valence-corrected chi connectivity index (χ0v) is 38.5. The van der Waals surface area contributed by atoms with Crippen LogP contribution in [0.1, 0.15) is 11.1 Å². The monoisotopic (exact) mass is 962 g/mol. The molecule has 9 rings (SSSR count). The van der Waals surface area contributed by atoms with E-state index < -0.39 is 42.9 Å². The van der Waals surface area contributed by atoms with Gasteiger partial charge in [-0.15, -0.1) is 0 Å². The molecule has 2 saturated heterocycles. The van der Waals surface area contributed by atoms with E-state index in [1.165, 1.54) is 12.1 Å². The molecule has 0 bridgehead atoms. The maximum Gasteiger partial charge on any atom is 0.176 e. The van der Waals surface area contributed by atoms with Gasteiger partial charge in [0.1, 0.15) is 23.3 Å². The van der Waals surface area contributed by atoms with Gasteiger partial charge in [0, 0.05) is 74.1 Å². The number of anilines is 4.